The van der Waals surface area contributed by atoms with E-state index in [1.165, 1.54) is 12.1 Å². The van der Waals surface area contributed by atoms with Gasteiger partial charge < -0.3 is 21.3 Å². The van der Waals surface area contributed by atoms with Gasteiger partial charge in [0.25, 0.3) is 0 Å². The van der Waals surface area contributed by atoms with E-state index >= 15 is 0 Å². The average molecular weight is 275 g/mol. The van der Waals surface area contributed by atoms with Crippen LogP contribution in [0, 0.1) is 6.92 Å². The van der Waals surface area contributed by atoms with Crippen LogP contribution in [0.3, 0.4) is 0 Å². The summed E-state index contributed by atoms with van der Waals surface area (Å²) in [6.07, 6.45) is -0.941. The lowest BCUT2D eigenvalue weighted by Crippen LogP contribution is -2.24. The molecule has 0 saturated carbocycles. The van der Waals surface area contributed by atoms with E-state index in [-0.39, 0.29) is 17.1 Å². The summed E-state index contributed by atoms with van der Waals surface area (Å²) in [5.41, 5.74) is 6.70. The molecule has 0 aromatic heterocycles. The maximum Gasteiger partial charge on any atom is 0.238 e. The van der Waals surface area contributed by atoms with Gasteiger partial charge in [0.2, 0.25) is 10.0 Å². The molecule has 0 aliphatic rings. The number of aliphatic hydroxyl groups is 2. The Morgan fingerprint density at radius 3 is 2.56 bits per heavy atom. The minimum absolute atomic E-state index is 0.0662. The molecule has 0 heterocycles. The molecule has 7 nitrogen and oxygen atoms in total. The van der Waals surface area contributed by atoms with Crippen molar-refractivity contribution >= 4 is 21.4 Å². The molecule has 0 aliphatic heterocycles. The van der Waals surface area contributed by atoms with Crippen LogP contribution in [0.15, 0.2) is 17.0 Å². The normalized spacial score (nSPS) is 13.3. The first kappa shape index (κ1) is 14.7. The summed E-state index contributed by atoms with van der Waals surface area (Å²) in [6.45, 7) is 1.26. The van der Waals surface area contributed by atoms with E-state index in [2.05, 4.69) is 5.32 Å². The fraction of sp³-hybridized carbons (Fsp3) is 0.400. The summed E-state index contributed by atoms with van der Waals surface area (Å²) in [6, 6.07) is 2.81. The highest BCUT2D eigenvalue weighted by atomic mass is 32.2. The Labute approximate surface area is 105 Å². The summed E-state index contributed by atoms with van der Waals surface area (Å²) in [5, 5.41) is 25.8. The first-order chi connectivity index (χ1) is 8.25. The highest BCUT2D eigenvalue weighted by molar-refractivity contribution is 7.89. The van der Waals surface area contributed by atoms with E-state index in [1.54, 1.807) is 6.92 Å². The quantitative estimate of drug-likeness (QED) is 0.436. The Bertz CT molecular complexity index is 530. The van der Waals surface area contributed by atoms with E-state index < -0.39 is 22.7 Å². The SMILES string of the molecule is Cc1c(NCC(O)CO)cc(N)cc1S(N)(=O)=O. The van der Waals surface area contributed by atoms with Crippen molar-refractivity contribution in [1.29, 1.82) is 0 Å². The number of primary sulfonamides is 1. The predicted molar refractivity (Wildman–Crippen MR) is 68.5 cm³/mol. The van der Waals surface area contributed by atoms with Gasteiger partial charge in [-0.2, -0.15) is 0 Å². The van der Waals surface area contributed by atoms with Crippen LogP contribution in [0.25, 0.3) is 0 Å². The van der Waals surface area contributed by atoms with Gasteiger partial charge in [-0.3, -0.25) is 0 Å². The zero-order valence-corrected chi connectivity index (χ0v) is 10.7. The maximum absolute atomic E-state index is 11.4. The van der Waals surface area contributed by atoms with Crippen molar-refractivity contribution in [3.8, 4) is 0 Å². The number of hydrogen-bond acceptors (Lipinski definition) is 6. The molecule has 1 atom stereocenters. The molecular weight excluding hydrogens is 258 g/mol. The lowest BCUT2D eigenvalue weighted by Gasteiger charge is -2.15. The second-order valence-corrected chi connectivity index (χ2v) is 5.48. The highest BCUT2D eigenvalue weighted by Gasteiger charge is 2.15. The van der Waals surface area contributed by atoms with Crippen LogP contribution in [0.2, 0.25) is 0 Å². The molecule has 0 bridgehead atoms. The van der Waals surface area contributed by atoms with Crippen LogP contribution < -0.4 is 16.2 Å². The molecular formula is C10H17N3O4S. The number of anilines is 2. The number of nitrogen functional groups attached to an aromatic ring is 1. The second kappa shape index (κ2) is 5.53. The van der Waals surface area contributed by atoms with Crippen molar-refractivity contribution in [3.05, 3.63) is 17.7 Å². The summed E-state index contributed by atoms with van der Waals surface area (Å²) in [4.78, 5) is -0.0662. The first-order valence-corrected chi connectivity index (χ1v) is 6.76. The Morgan fingerprint density at radius 2 is 2.06 bits per heavy atom. The third kappa shape index (κ3) is 3.57. The lowest BCUT2D eigenvalue weighted by molar-refractivity contribution is 0.105. The average Bonchev–Trinajstić information content (AvgIpc) is 2.27. The summed E-state index contributed by atoms with van der Waals surface area (Å²) < 4.78 is 22.7. The van der Waals surface area contributed by atoms with Gasteiger partial charge in [0, 0.05) is 17.9 Å². The van der Waals surface area contributed by atoms with Crippen molar-refractivity contribution < 1.29 is 18.6 Å². The molecule has 0 spiro atoms. The summed E-state index contributed by atoms with van der Waals surface area (Å²) in [7, 11) is -3.85. The topological polar surface area (TPSA) is 139 Å². The molecule has 0 radical (unpaired) electrons. The zero-order valence-electron chi connectivity index (χ0n) is 9.92. The highest BCUT2D eigenvalue weighted by Crippen LogP contribution is 2.25. The molecule has 7 N–H and O–H groups in total. The van der Waals surface area contributed by atoms with Gasteiger partial charge >= 0.3 is 0 Å². The van der Waals surface area contributed by atoms with Gasteiger partial charge in [0.1, 0.15) is 0 Å². The molecule has 0 aliphatic carbocycles. The fourth-order valence-electron chi connectivity index (χ4n) is 1.48. The number of hydrogen-bond donors (Lipinski definition) is 5. The van der Waals surface area contributed by atoms with Crippen molar-refractivity contribution in [1.82, 2.24) is 0 Å². The van der Waals surface area contributed by atoms with Crippen molar-refractivity contribution in [2.24, 2.45) is 5.14 Å². The molecule has 8 heteroatoms. The Balaban J connectivity index is 3.10. The van der Waals surface area contributed by atoms with Crippen LogP contribution >= 0.6 is 0 Å². The molecule has 0 amide bonds. The molecule has 102 valence electrons. The standard InChI is InChI=1S/C10H17N3O4S/c1-6-9(13-4-8(15)5-14)2-7(11)3-10(6)18(12,16)17/h2-3,8,13-15H,4-5,11H2,1H3,(H2,12,16,17). The van der Waals surface area contributed by atoms with Gasteiger partial charge in [0.05, 0.1) is 17.6 Å². The molecule has 0 fully saturated rings. The van der Waals surface area contributed by atoms with E-state index in [0.29, 0.717) is 11.3 Å². The first-order valence-electron chi connectivity index (χ1n) is 5.21. The van der Waals surface area contributed by atoms with Gasteiger partial charge in [-0.05, 0) is 24.6 Å². The van der Waals surface area contributed by atoms with Crippen LogP contribution in [0.4, 0.5) is 11.4 Å². The fourth-order valence-corrected chi connectivity index (χ4v) is 2.32. The van der Waals surface area contributed by atoms with Crippen molar-refractivity contribution in [2.45, 2.75) is 17.9 Å². The Morgan fingerprint density at radius 1 is 1.44 bits per heavy atom. The second-order valence-electron chi connectivity index (χ2n) is 3.95. The summed E-state index contributed by atoms with van der Waals surface area (Å²) >= 11 is 0. The summed E-state index contributed by atoms with van der Waals surface area (Å²) in [5.74, 6) is 0. The molecule has 1 rings (SSSR count). The smallest absolute Gasteiger partial charge is 0.238 e. The van der Waals surface area contributed by atoms with Crippen LogP contribution in [-0.2, 0) is 10.0 Å². The largest absolute Gasteiger partial charge is 0.399 e. The van der Waals surface area contributed by atoms with Crippen molar-refractivity contribution in [2.75, 3.05) is 24.2 Å². The minimum atomic E-state index is -3.85. The van der Waals surface area contributed by atoms with Crippen molar-refractivity contribution in [3.63, 3.8) is 0 Å². The zero-order chi connectivity index (χ0) is 13.9. The number of rotatable bonds is 5. The van der Waals surface area contributed by atoms with E-state index in [0.717, 1.165) is 0 Å². The molecule has 18 heavy (non-hydrogen) atoms. The molecule has 1 aromatic rings. The van der Waals surface area contributed by atoms with Gasteiger partial charge in [-0.15, -0.1) is 0 Å². The Hall–Kier alpha value is -1.35. The number of sulfonamides is 1. The number of nitrogens with one attached hydrogen (secondary N) is 1. The number of benzene rings is 1. The third-order valence-corrected chi connectivity index (χ3v) is 3.46. The van der Waals surface area contributed by atoms with E-state index in [4.69, 9.17) is 16.0 Å². The maximum atomic E-state index is 11.4. The lowest BCUT2D eigenvalue weighted by atomic mass is 10.1. The molecule has 0 saturated heterocycles. The Kier molecular flexibility index (Phi) is 4.52. The third-order valence-electron chi connectivity index (χ3n) is 2.43. The van der Waals surface area contributed by atoms with Crippen LogP contribution in [0.5, 0.6) is 0 Å². The van der Waals surface area contributed by atoms with Crippen LogP contribution in [-0.4, -0.2) is 37.9 Å². The van der Waals surface area contributed by atoms with Crippen LogP contribution in [0.1, 0.15) is 5.56 Å². The monoisotopic (exact) mass is 275 g/mol. The van der Waals surface area contributed by atoms with Gasteiger partial charge in [-0.25, -0.2) is 13.6 Å². The molecule has 1 unspecified atom stereocenters. The predicted octanol–water partition coefficient (Wildman–Crippen LogP) is -1.01. The number of nitrogens with two attached hydrogens (primary N) is 2. The van der Waals surface area contributed by atoms with Gasteiger partial charge in [0.15, 0.2) is 0 Å². The van der Waals surface area contributed by atoms with E-state index in [9.17, 15) is 13.5 Å². The number of aliphatic hydroxyl groups excluding tert-OH is 2. The molecule has 1 aromatic carbocycles. The van der Waals surface area contributed by atoms with Gasteiger partial charge in [-0.1, -0.05) is 0 Å². The minimum Gasteiger partial charge on any atom is -0.399 e. The van der Waals surface area contributed by atoms with E-state index in [1.807, 2.05) is 0 Å².